The van der Waals surface area contributed by atoms with Crippen LogP contribution in [0.3, 0.4) is 0 Å². The van der Waals surface area contributed by atoms with Gasteiger partial charge in [0, 0.05) is 11.0 Å². The van der Waals surface area contributed by atoms with Crippen molar-refractivity contribution in [1.82, 2.24) is 0 Å². The molecule has 0 aliphatic heterocycles. The molecule has 3 aliphatic rings. The SMILES string of the molecule is C=CCc1cc(C2(c3cc(CCC4(Cc5cccc(CC=C)c5O)c5ccccc5-c5ccccc54)cc(CC=C)c3O)c3ccccc3-c3ccccc32)ccc1O.C=CCc1cc(C2(c3ccc(O)cc3)c3ccccc3-c3ccccc32)ccc1O. The van der Waals surface area contributed by atoms with Gasteiger partial charge >= 0.3 is 0 Å². The van der Waals surface area contributed by atoms with Crippen LogP contribution in [0.1, 0.15) is 95.4 Å². The molecule has 0 saturated heterocycles. The Kier molecular flexibility index (Phi) is 15.2. The Hall–Kier alpha value is -10.6. The van der Waals surface area contributed by atoms with Crippen LogP contribution in [-0.4, -0.2) is 25.5 Å². The molecule has 0 aromatic heterocycles. The van der Waals surface area contributed by atoms with E-state index in [-0.39, 0.29) is 23.0 Å². The zero-order chi connectivity index (χ0) is 61.4. The smallest absolute Gasteiger partial charge is 0.123 e. The first-order valence-corrected chi connectivity index (χ1v) is 30.6. The first-order chi connectivity index (χ1) is 43.5. The van der Waals surface area contributed by atoms with Crippen molar-refractivity contribution >= 4 is 0 Å². The number of hydrogen-bond acceptors (Lipinski definition) is 5. The lowest BCUT2D eigenvalue weighted by atomic mass is 9.66. The predicted molar refractivity (Wildman–Crippen MR) is 363 cm³/mol. The molecule has 0 bridgehead atoms. The molecule has 0 spiro atoms. The van der Waals surface area contributed by atoms with E-state index in [9.17, 15) is 25.5 Å². The monoisotopic (exact) mass is 1160 g/mol. The third-order valence-corrected chi connectivity index (χ3v) is 19.1. The van der Waals surface area contributed by atoms with E-state index in [4.69, 9.17) is 0 Å². The molecule has 0 saturated carbocycles. The lowest BCUT2D eigenvalue weighted by Gasteiger charge is -2.36. The third kappa shape index (κ3) is 9.39. The van der Waals surface area contributed by atoms with Gasteiger partial charge < -0.3 is 25.5 Å². The Morgan fingerprint density at radius 3 is 1.16 bits per heavy atom. The average Bonchev–Trinajstić information content (AvgIpc) is 1.63. The zero-order valence-corrected chi connectivity index (χ0v) is 49.8. The highest BCUT2D eigenvalue weighted by molar-refractivity contribution is 5.89. The molecule has 0 unspecified atom stereocenters. The molecule has 0 radical (unpaired) electrons. The molecular weight excluding hydrogens is 1090 g/mol. The maximum Gasteiger partial charge on any atom is 0.123 e. The van der Waals surface area contributed by atoms with Crippen molar-refractivity contribution in [1.29, 1.82) is 0 Å². The largest absolute Gasteiger partial charge is 0.508 e. The van der Waals surface area contributed by atoms with Crippen molar-refractivity contribution in [2.45, 2.75) is 61.2 Å². The number of fused-ring (bicyclic) bond motifs is 9. The summed E-state index contributed by atoms with van der Waals surface area (Å²) in [4.78, 5) is 0. The van der Waals surface area contributed by atoms with Gasteiger partial charge in [0.05, 0.1) is 10.8 Å². The topological polar surface area (TPSA) is 101 Å². The maximum absolute atomic E-state index is 12.6. The number of aryl methyl sites for hydroxylation is 1. The van der Waals surface area contributed by atoms with E-state index in [1.807, 2.05) is 60.7 Å². The average molecular weight is 1160 g/mol. The Balaban J connectivity index is 0.000000203. The minimum absolute atomic E-state index is 0.220. The normalized spacial score (nSPS) is 13.7. The molecule has 11 aromatic rings. The van der Waals surface area contributed by atoms with E-state index in [2.05, 4.69) is 202 Å². The second-order valence-corrected chi connectivity index (χ2v) is 23.8. The molecule has 5 nitrogen and oxygen atoms in total. The van der Waals surface area contributed by atoms with Crippen molar-refractivity contribution in [2.75, 3.05) is 0 Å². The fraction of sp³-hybridized carbons (Fsp3) is 0.119. The molecule has 436 valence electrons. The van der Waals surface area contributed by atoms with Gasteiger partial charge in [-0.2, -0.15) is 0 Å². The summed E-state index contributed by atoms with van der Waals surface area (Å²) in [6.45, 7) is 15.9. The highest BCUT2D eigenvalue weighted by Crippen LogP contribution is 2.60. The third-order valence-electron chi connectivity index (χ3n) is 19.1. The van der Waals surface area contributed by atoms with Crippen LogP contribution in [0.25, 0.3) is 33.4 Å². The van der Waals surface area contributed by atoms with Crippen LogP contribution >= 0.6 is 0 Å². The first kappa shape index (κ1) is 57.5. The molecular formula is C84H70O5. The summed E-state index contributed by atoms with van der Waals surface area (Å²) in [7, 11) is 0. The molecule has 89 heavy (non-hydrogen) atoms. The van der Waals surface area contributed by atoms with Gasteiger partial charge in [-0.05, 0) is 186 Å². The number of benzene rings is 11. The van der Waals surface area contributed by atoms with Crippen molar-refractivity contribution in [2.24, 2.45) is 0 Å². The number of phenols is 5. The first-order valence-electron chi connectivity index (χ1n) is 30.6. The summed E-state index contributed by atoms with van der Waals surface area (Å²) in [5, 5.41) is 55.8. The lowest BCUT2D eigenvalue weighted by Crippen LogP contribution is -2.30. The fourth-order valence-corrected chi connectivity index (χ4v) is 15.3. The van der Waals surface area contributed by atoms with E-state index < -0.39 is 16.2 Å². The van der Waals surface area contributed by atoms with E-state index in [1.54, 1.807) is 24.3 Å². The number of para-hydroxylation sites is 1. The number of aromatic hydroxyl groups is 5. The summed E-state index contributed by atoms with van der Waals surface area (Å²) in [5.74, 6) is 1.32. The lowest BCUT2D eigenvalue weighted by molar-refractivity contribution is 0.436. The van der Waals surface area contributed by atoms with Crippen molar-refractivity contribution in [3.63, 3.8) is 0 Å². The molecule has 14 rings (SSSR count). The van der Waals surface area contributed by atoms with E-state index >= 15 is 0 Å². The second kappa shape index (κ2) is 23.6. The summed E-state index contributed by atoms with van der Waals surface area (Å²) in [6.07, 6.45) is 11.6. The van der Waals surface area contributed by atoms with Crippen LogP contribution in [0.4, 0.5) is 0 Å². The number of hydrogen-bond donors (Lipinski definition) is 5. The molecule has 11 aromatic carbocycles. The van der Waals surface area contributed by atoms with Gasteiger partial charge in [0.1, 0.15) is 28.7 Å². The minimum atomic E-state index is -0.894. The van der Waals surface area contributed by atoms with Gasteiger partial charge in [-0.15, -0.1) is 26.3 Å². The Morgan fingerprint density at radius 1 is 0.303 bits per heavy atom. The van der Waals surface area contributed by atoms with E-state index in [0.29, 0.717) is 44.3 Å². The zero-order valence-electron chi connectivity index (χ0n) is 49.8. The second-order valence-electron chi connectivity index (χ2n) is 23.8. The molecule has 0 heterocycles. The van der Waals surface area contributed by atoms with Gasteiger partial charge in [0.2, 0.25) is 0 Å². The quantitative estimate of drug-likeness (QED) is 0.0585. The Morgan fingerprint density at radius 2 is 0.685 bits per heavy atom. The van der Waals surface area contributed by atoms with Crippen LogP contribution in [-0.2, 0) is 54.8 Å². The van der Waals surface area contributed by atoms with Crippen molar-refractivity contribution in [3.05, 3.63) is 376 Å². The number of allylic oxidation sites excluding steroid dienone is 4. The van der Waals surface area contributed by atoms with Crippen LogP contribution in [0.5, 0.6) is 28.7 Å². The summed E-state index contributed by atoms with van der Waals surface area (Å²) < 4.78 is 0. The molecule has 0 amide bonds. The van der Waals surface area contributed by atoms with Crippen molar-refractivity contribution < 1.29 is 25.5 Å². The molecule has 5 N–H and O–H groups in total. The van der Waals surface area contributed by atoms with E-state index in [0.717, 1.165) is 84.3 Å². The van der Waals surface area contributed by atoms with Crippen LogP contribution in [0, 0.1) is 0 Å². The molecule has 5 heteroatoms. The van der Waals surface area contributed by atoms with E-state index in [1.165, 1.54) is 44.5 Å². The van der Waals surface area contributed by atoms with Gasteiger partial charge in [-0.3, -0.25) is 0 Å². The van der Waals surface area contributed by atoms with Crippen molar-refractivity contribution in [3.8, 4) is 62.1 Å². The predicted octanol–water partition coefficient (Wildman–Crippen LogP) is 18.7. The summed E-state index contributed by atoms with van der Waals surface area (Å²) in [5.41, 5.74) is 21.6. The summed E-state index contributed by atoms with van der Waals surface area (Å²) in [6, 6.07) is 81.2. The Bertz CT molecular complexity index is 4440. The van der Waals surface area contributed by atoms with Gasteiger partial charge in [0.15, 0.2) is 0 Å². The Labute approximate surface area is 522 Å². The molecule has 3 aliphatic carbocycles. The maximum atomic E-state index is 12.6. The number of phenolic OH excluding ortho intramolecular Hbond substituents is 5. The number of rotatable bonds is 17. The minimum Gasteiger partial charge on any atom is -0.508 e. The molecule has 0 atom stereocenters. The van der Waals surface area contributed by atoms with Crippen LogP contribution in [0.2, 0.25) is 0 Å². The highest BCUT2D eigenvalue weighted by Gasteiger charge is 2.50. The fourth-order valence-electron chi connectivity index (χ4n) is 15.3. The van der Waals surface area contributed by atoms with Crippen LogP contribution < -0.4 is 0 Å². The molecule has 0 fully saturated rings. The summed E-state index contributed by atoms with van der Waals surface area (Å²) >= 11 is 0. The van der Waals surface area contributed by atoms with Gasteiger partial charge in [-0.1, -0.05) is 237 Å². The standard InChI is InChI=1S/C56H48O3.C28H22O2/c1-4-16-38-19-15-20-41(53(38)58)36-55(47-25-11-7-21-43(47)44-22-8-12-26-48(44)55)32-31-37-33-40(18-6-3)54(59)51(34-37)56(42-29-30-52(57)39(35-42)17-5-2)49-27-13-9-23-45(49)46-24-10-14-28-50(46)56;1-2-7-19-18-21(14-17-27(19)30)28(20-12-15-22(29)16-13-20)25-10-5-3-8-23(25)24-9-4-6-11-26(24)28/h4-15,19-30,33-35,57-59H,1-3,16-18,31-32,36H2;2-6,8-18,29-30H,1,7H2. The highest BCUT2D eigenvalue weighted by atomic mass is 16.3. The van der Waals surface area contributed by atoms with Gasteiger partial charge in [-0.25, -0.2) is 0 Å². The van der Waals surface area contributed by atoms with Crippen LogP contribution in [0.15, 0.2) is 287 Å². The van der Waals surface area contributed by atoms with Gasteiger partial charge in [0.25, 0.3) is 0 Å².